The summed E-state index contributed by atoms with van der Waals surface area (Å²) >= 11 is 0. The van der Waals surface area contributed by atoms with Crippen molar-refractivity contribution in [2.45, 2.75) is 13.0 Å². The number of nitrogens with zero attached hydrogens (tertiary/aromatic N) is 1. The van der Waals surface area contributed by atoms with Crippen LogP contribution in [0.2, 0.25) is 0 Å². The highest BCUT2D eigenvalue weighted by atomic mass is 127. The van der Waals surface area contributed by atoms with Gasteiger partial charge in [0.2, 0.25) is 10.0 Å². The van der Waals surface area contributed by atoms with Crippen molar-refractivity contribution in [1.29, 1.82) is 0 Å². The van der Waals surface area contributed by atoms with Crippen LogP contribution in [0.5, 0.6) is 0 Å². The molecule has 3 N–H and O–H groups in total. The molecule has 120 valence electrons. The van der Waals surface area contributed by atoms with Crippen LogP contribution in [-0.4, -0.2) is 40.8 Å². The Morgan fingerprint density at radius 2 is 1.86 bits per heavy atom. The quantitative estimate of drug-likeness (QED) is 0.275. The lowest BCUT2D eigenvalue weighted by atomic mass is 10.1. The predicted molar refractivity (Wildman–Crippen MR) is 97.6 cm³/mol. The number of nitrogens with one attached hydrogen (secondary N) is 3. The monoisotopic (exact) mass is 426 g/mol. The maximum absolute atomic E-state index is 10.9. The summed E-state index contributed by atoms with van der Waals surface area (Å²) in [5.41, 5.74) is 1.16. The van der Waals surface area contributed by atoms with Crippen LogP contribution in [0.25, 0.3) is 0 Å². The molecule has 0 spiro atoms. The van der Waals surface area contributed by atoms with Gasteiger partial charge in [-0.15, -0.1) is 24.0 Å². The summed E-state index contributed by atoms with van der Waals surface area (Å²) in [6, 6.07) is 10.1. The van der Waals surface area contributed by atoms with Gasteiger partial charge in [-0.05, 0) is 12.5 Å². The Morgan fingerprint density at radius 3 is 2.38 bits per heavy atom. The number of sulfonamides is 1. The number of aliphatic imine (C=N–C) groups is 1. The van der Waals surface area contributed by atoms with Crippen LogP contribution in [0.3, 0.4) is 0 Å². The van der Waals surface area contributed by atoms with Crippen molar-refractivity contribution in [2.24, 2.45) is 4.99 Å². The molecule has 0 aromatic heterocycles. The van der Waals surface area contributed by atoms with Gasteiger partial charge in [-0.25, -0.2) is 13.1 Å². The summed E-state index contributed by atoms with van der Waals surface area (Å²) in [5.74, 6) is 0.636. The number of hydrogen-bond acceptors (Lipinski definition) is 3. The summed E-state index contributed by atoms with van der Waals surface area (Å²) in [6.07, 6.45) is 1.14. The average Bonchev–Trinajstić information content (AvgIpc) is 2.42. The number of rotatable bonds is 6. The molecule has 0 bridgehead atoms. The highest BCUT2D eigenvalue weighted by Crippen LogP contribution is 2.10. The van der Waals surface area contributed by atoms with Gasteiger partial charge in [0.1, 0.15) is 0 Å². The van der Waals surface area contributed by atoms with Gasteiger partial charge in [-0.1, -0.05) is 30.3 Å². The molecule has 1 atom stereocenters. The molecular formula is C13H23IN4O2S. The van der Waals surface area contributed by atoms with Crippen molar-refractivity contribution in [2.75, 3.05) is 26.4 Å². The molecule has 0 radical (unpaired) electrons. The van der Waals surface area contributed by atoms with Crippen LogP contribution < -0.4 is 15.4 Å². The second-order valence-electron chi connectivity index (χ2n) is 4.44. The smallest absolute Gasteiger partial charge is 0.208 e. The van der Waals surface area contributed by atoms with E-state index in [1.54, 1.807) is 7.05 Å². The van der Waals surface area contributed by atoms with Crippen LogP contribution in [0.1, 0.15) is 18.5 Å². The maximum Gasteiger partial charge on any atom is 0.208 e. The lowest BCUT2D eigenvalue weighted by Gasteiger charge is -2.18. The lowest BCUT2D eigenvalue weighted by Crippen LogP contribution is -2.42. The van der Waals surface area contributed by atoms with Gasteiger partial charge in [0.05, 0.1) is 12.3 Å². The first kappa shape index (κ1) is 20.1. The molecule has 1 aromatic carbocycles. The van der Waals surface area contributed by atoms with Crippen molar-refractivity contribution in [1.82, 2.24) is 15.4 Å². The summed E-state index contributed by atoms with van der Waals surface area (Å²) in [6.45, 7) is 2.82. The molecule has 8 heteroatoms. The van der Waals surface area contributed by atoms with Crippen molar-refractivity contribution >= 4 is 40.0 Å². The molecule has 1 unspecified atom stereocenters. The molecule has 0 heterocycles. The van der Waals surface area contributed by atoms with Gasteiger partial charge in [-0.2, -0.15) is 0 Å². The summed E-state index contributed by atoms with van der Waals surface area (Å²) in [5, 5.41) is 6.30. The largest absolute Gasteiger partial charge is 0.355 e. The molecule has 0 fully saturated rings. The minimum absolute atomic E-state index is 0. The number of benzene rings is 1. The van der Waals surface area contributed by atoms with Gasteiger partial charge < -0.3 is 10.6 Å². The van der Waals surface area contributed by atoms with Gasteiger partial charge >= 0.3 is 0 Å². The Labute approximate surface area is 143 Å². The highest BCUT2D eigenvalue weighted by molar-refractivity contribution is 14.0. The van der Waals surface area contributed by atoms with Gasteiger partial charge in [0, 0.05) is 20.1 Å². The fourth-order valence-corrected chi connectivity index (χ4v) is 2.11. The second-order valence-corrected chi connectivity index (χ2v) is 6.28. The zero-order chi connectivity index (χ0) is 15.0. The highest BCUT2D eigenvalue weighted by Gasteiger charge is 2.07. The van der Waals surface area contributed by atoms with Gasteiger partial charge in [0.25, 0.3) is 0 Å². The SMILES string of the molecule is CN=C(NCCNS(C)(=O)=O)NC(C)c1ccccc1.I. The maximum atomic E-state index is 10.9. The van der Waals surface area contributed by atoms with Crippen molar-refractivity contribution in [3.8, 4) is 0 Å². The van der Waals surface area contributed by atoms with Crippen molar-refractivity contribution in [3.63, 3.8) is 0 Å². The third-order valence-corrected chi connectivity index (χ3v) is 3.39. The van der Waals surface area contributed by atoms with Crippen LogP contribution in [0.15, 0.2) is 35.3 Å². The third kappa shape index (κ3) is 8.89. The Kier molecular flexibility index (Phi) is 9.54. The minimum Gasteiger partial charge on any atom is -0.355 e. The van der Waals surface area contributed by atoms with E-state index in [0.29, 0.717) is 19.0 Å². The van der Waals surface area contributed by atoms with Crippen LogP contribution in [0.4, 0.5) is 0 Å². The Balaban J connectivity index is 0.00000400. The molecule has 0 aliphatic heterocycles. The molecule has 1 rings (SSSR count). The Morgan fingerprint density at radius 1 is 1.24 bits per heavy atom. The van der Waals surface area contributed by atoms with E-state index in [-0.39, 0.29) is 30.0 Å². The fraction of sp³-hybridized carbons (Fsp3) is 0.462. The molecule has 0 saturated carbocycles. The van der Waals surface area contributed by atoms with E-state index in [1.807, 2.05) is 37.3 Å². The predicted octanol–water partition coefficient (Wildman–Crippen LogP) is 1.08. The third-order valence-electron chi connectivity index (χ3n) is 2.66. The zero-order valence-electron chi connectivity index (χ0n) is 12.5. The minimum atomic E-state index is -3.15. The summed E-state index contributed by atoms with van der Waals surface area (Å²) < 4.78 is 24.3. The molecular weight excluding hydrogens is 403 g/mol. The van der Waals surface area contributed by atoms with Gasteiger partial charge in [-0.3, -0.25) is 4.99 Å². The normalized spacial score (nSPS) is 13.2. The van der Waals surface area contributed by atoms with Gasteiger partial charge in [0.15, 0.2) is 5.96 Å². The molecule has 0 saturated heterocycles. The van der Waals surface area contributed by atoms with E-state index in [2.05, 4.69) is 20.3 Å². The molecule has 0 aliphatic carbocycles. The molecule has 21 heavy (non-hydrogen) atoms. The first-order valence-corrected chi connectivity index (χ1v) is 8.28. The lowest BCUT2D eigenvalue weighted by molar-refractivity contribution is 0.586. The van der Waals surface area contributed by atoms with E-state index in [1.165, 1.54) is 0 Å². The number of hydrogen-bond donors (Lipinski definition) is 3. The van der Waals surface area contributed by atoms with E-state index in [4.69, 9.17) is 0 Å². The molecule has 0 aliphatic rings. The van der Waals surface area contributed by atoms with Crippen molar-refractivity contribution in [3.05, 3.63) is 35.9 Å². The molecule has 6 nitrogen and oxygen atoms in total. The average molecular weight is 426 g/mol. The van der Waals surface area contributed by atoms with Crippen molar-refractivity contribution < 1.29 is 8.42 Å². The standard InChI is InChI=1S/C13H22N4O2S.HI/c1-11(12-7-5-4-6-8-12)17-13(14-2)15-9-10-16-20(3,18)19;/h4-8,11,16H,9-10H2,1-3H3,(H2,14,15,17);1H. The topological polar surface area (TPSA) is 82.6 Å². The second kappa shape index (κ2) is 9.96. The molecule has 0 amide bonds. The Bertz CT molecular complexity index is 534. The first-order chi connectivity index (χ1) is 9.42. The first-order valence-electron chi connectivity index (χ1n) is 6.39. The number of guanidine groups is 1. The summed E-state index contributed by atoms with van der Waals surface area (Å²) in [4.78, 5) is 4.10. The molecule has 1 aromatic rings. The van der Waals surface area contributed by atoms with E-state index in [9.17, 15) is 8.42 Å². The van der Waals surface area contributed by atoms with E-state index >= 15 is 0 Å². The Hall–Kier alpha value is -0.870. The van der Waals surface area contributed by atoms with E-state index < -0.39 is 10.0 Å². The van der Waals surface area contributed by atoms with Crippen LogP contribution in [0, 0.1) is 0 Å². The summed E-state index contributed by atoms with van der Waals surface area (Å²) in [7, 11) is -1.47. The zero-order valence-corrected chi connectivity index (χ0v) is 15.6. The van der Waals surface area contributed by atoms with Crippen LogP contribution >= 0.6 is 24.0 Å². The van der Waals surface area contributed by atoms with E-state index in [0.717, 1.165) is 11.8 Å². The van der Waals surface area contributed by atoms with Crippen LogP contribution in [-0.2, 0) is 10.0 Å². The number of halogens is 1. The fourth-order valence-electron chi connectivity index (χ4n) is 1.64.